The molecule has 0 fully saturated rings. The highest BCUT2D eigenvalue weighted by Gasteiger charge is 2.13. The van der Waals surface area contributed by atoms with E-state index in [9.17, 15) is 0 Å². The van der Waals surface area contributed by atoms with E-state index in [0.717, 1.165) is 156 Å². The van der Waals surface area contributed by atoms with Gasteiger partial charge in [0.2, 0.25) is 0 Å². The molecule has 0 unspecified atom stereocenters. The first kappa shape index (κ1) is 83.4. The van der Waals surface area contributed by atoms with Crippen LogP contribution >= 0.6 is 0 Å². The Hall–Kier alpha value is -8.60. The van der Waals surface area contributed by atoms with Crippen LogP contribution in [-0.4, -0.2) is 26.4 Å². The van der Waals surface area contributed by atoms with Gasteiger partial charge in [0.1, 0.15) is 23.0 Å². The van der Waals surface area contributed by atoms with E-state index < -0.39 is 0 Å². The summed E-state index contributed by atoms with van der Waals surface area (Å²) < 4.78 is 25.3. The second-order valence-corrected chi connectivity index (χ2v) is 30.5. The van der Waals surface area contributed by atoms with Crippen LogP contribution in [0.3, 0.4) is 0 Å². The van der Waals surface area contributed by atoms with Crippen molar-refractivity contribution in [1.82, 2.24) is 0 Å². The standard InChI is InChI=1S/C104H132O4/c1-5-9-13-17-21-25-29-33-69-105-101-45-37-41-87(79-101)53-57-91-73-92(58-54-88-42-38-46-102(80-88)106-70-34-30-26-22-18-14-10-6-2)76-95(75-91)63-67-99-83-98-66-62-86-51-49-85(50-52-86)61-65-97(99)84-100(98)68-64-96-77-93(59-55-89-43-39-47-103(81-89)107-71-35-31-27-23-19-15-11-7-3)74-94(78-96)60-56-90-44-40-48-104(82-90)108-72-36-32-28-24-20-16-12-8-4/h37-60,63-64,67-68,73-84H,5-36,61-62,65-66,69-72H2,1-4H3/b57-53+,58-54+,59-55+,60-56+,67-63+,68-64+. The molecule has 0 saturated carbocycles. The first-order valence-corrected chi connectivity index (χ1v) is 42.9. The Balaban J connectivity index is 0.976. The Kier molecular flexibility index (Phi) is 39.3. The van der Waals surface area contributed by atoms with Gasteiger partial charge in [0.15, 0.2) is 0 Å². The number of ether oxygens (including phenoxy) is 4. The van der Waals surface area contributed by atoms with Crippen molar-refractivity contribution >= 4 is 72.9 Å². The van der Waals surface area contributed by atoms with Crippen LogP contribution < -0.4 is 18.9 Å². The molecule has 0 radical (unpaired) electrons. The highest BCUT2D eigenvalue weighted by atomic mass is 16.5. The minimum Gasteiger partial charge on any atom is -0.494 e. The Morgan fingerprint density at radius 2 is 0.417 bits per heavy atom. The lowest BCUT2D eigenvalue weighted by Gasteiger charge is -2.16. The highest BCUT2D eigenvalue weighted by Crippen LogP contribution is 2.30. The quantitative estimate of drug-likeness (QED) is 0.0281. The molecule has 4 bridgehead atoms. The minimum atomic E-state index is 0.752. The van der Waals surface area contributed by atoms with Gasteiger partial charge in [-0.2, -0.15) is 0 Å². The van der Waals surface area contributed by atoms with Crippen molar-refractivity contribution in [2.75, 3.05) is 26.4 Å². The summed E-state index contributed by atoms with van der Waals surface area (Å²) in [5.74, 6) is 3.72. The summed E-state index contributed by atoms with van der Waals surface area (Å²) in [6.07, 6.45) is 72.3. The largest absolute Gasteiger partial charge is 0.494 e. The van der Waals surface area contributed by atoms with E-state index in [4.69, 9.17) is 18.9 Å². The van der Waals surface area contributed by atoms with Crippen LogP contribution in [0.2, 0.25) is 0 Å². The Labute approximate surface area is 655 Å². The molecule has 4 aliphatic rings. The molecule has 0 N–H and O–H groups in total. The normalized spacial score (nSPS) is 12.5. The van der Waals surface area contributed by atoms with Gasteiger partial charge in [-0.05, 0) is 225 Å². The van der Waals surface area contributed by atoms with Crippen LogP contribution in [0, 0.1) is 0 Å². The van der Waals surface area contributed by atoms with Crippen LogP contribution in [0.15, 0.2) is 170 Å². The summed E-state index contributed by atoms with van der Waals surface area (Å²) >= 11 is 0. The molecule has 0 aliphatic heterocycles. The molecule has 12 rings (SSSR count). The third kappa shape index (κ3) is 33.1. The molecular weight excluding hydrogens is 1310 g/mol. The van der Waals surface area contributed by atoms with Crippen LogP contribution in [-0.2, 0) is 25.7 Å². The average Bonchev–Trinajstić information content (AvgIpc) is 0.812. The van der Waals surface area contributed by atoms with Crippen molar-refractivity contribution in [3.05, 3.63) is 259 Å². The number of unbranched alkanes of at least 4 members (excludes halogenated alkanes) is 28. The van der Waals surface area contributed by atoms with Crippen molar-refractivity contribution in [1.29, 1.82) is 0 Å². The summed E-state index contributed by atoms with van der Waals surface area (Å²) in [6, 6.07) is 62.5. The van der Waals surface area contributed by atoms with Crippen molar-refractivity contribution in [2.24, 2.45) is 0 Å². The number of hydrogen-bond donors (Lipinski definition) is 0. The van der Waals surface area contributed by atoms with Gasteiger partial charge in [0.05, 0.1) is 26.4 Å². The van der Waals surface area contributed by atoms with Crippen molar-refractivity contribution in [2.45, 2.75) is 259 Å². The van der Waals surface area contributed by atoms with Gasteiger partial charge in [-0.1, -0.05) is 365 Å². The van der Waals surface area contributed by atoms with Gasteiger partial charge in [-0.15, -0.1) is 0 Å². The molecule has 8 aromatic rings. The molecule has 0 aromatic heterocycles. The molecular formula is C104H132O4. The van der Waals surface area contributed by atoms with Gasteiger partial charge in [0, 0.05) is 0 Å². The van der Waals surface area contributed by atoms with E-state index in [1.807, 2.05) is 0 Å². The third-order valence-electron chi connectivity index (χ3n) is 21.1. The fraction of sp³-hybridized carbons (Fsp3) is 0.423. The predicted molar refractivity (Wildman–Crippen MR) is 472 cm³/mol. The predicted octanol–water partition coefficient (Wildman–Crippen LogP) is 30.7. The van der Waals surface area contributed by atoms with E-state index in [-0.39, 0.29) is 0 Å². The summed E-state index contributed by atoms with van der Waals surface area (Å²) in [7, 11) is 0. The Morgan fingerprint density at radius 3 is 0.657 bits per heavy atom. The van der Waals surface area contributed by atoms with Crippen molar-refractivity contribution < 1.29 is 18.9 Å². The maximum atomic E-state index is 6.33. The molecule has 0 saturated heterocycles. The fourth-order valence-electron chi connectivity index (χ4n) is 14.6. The number of benzene rings is 8. The zero-order valence-corrected chi connectivity index (χ0v) is 67.0. The fourth-order valence-corrected chi connectivity index (χ4v) is 14.6. The molecule has 0 spiro atoms. The number of hydrogen-bond acceptors (Lipinski definition) is 4. The van der Waals surface area contributed by atoms with Crippen molar-refractivity contribution in [3.63, 3.8) is 0 Å². The smallest absolute Gasteiger partial charge is 0.119 e. The molecule has 572 valence electrons. The van der Waals surface area contributed by atoms with Gasteiger partial charge in [-0.3, -0.25) is 0 Å². The van der Waals surface area contributed by atoms with Crippen LogP contribution in [0.25, 0.3) is 72.9 Å². The molecule has 0 atom stereocenters. The number of aryl methyl sites for hydroxylation is 4. The summed E-state index contributed by atoms with van der Waals surface area (Å²) in [6.45, 7) is 12.1. The minimum absolute atomic E-state index is 0.752. The monoisotopic (exact) mass is 1450 g/mol. The summed E-state index contributed by atoms with van der Waals surface area (Å²) in [4.78, 5) is 0. The lowest BCUT2D eigenvalue weighted by Crippen LogP contribution is -2.02. The highest BCUT2D eigenvalue weighted by molar-refractivity contribution is 5.83. The van der Waals surface area contributed by atoms with Gasteiger partial charge >= 0.3 is 0 Å². The second-order valence-electron chi connectivity index (χ2n) is 30.5. The zero-order valence-electron chi connectivity index (χ0n) is 67.0. The molecule has 4 aliphatic carbocycles. The van der Waals surface area contributed by atoms with Crippen LogP contribution in [0.4, 0.5) is 0 Å². The molecule has 4 nitrogen and oxygen atoms in total. The molecule has 0 heterocycles. The average molecular weight is 1450 g/mol. The molecule has 4 heteroatoms. The number of rotatable bonds is 52. The van der Waals surface area contributed by atoms with E-state index in [1.54, 1.807) is 0 Å². The van der Waals surface area contributed by atoms with Gasteiger partial charge < -0.3 is 18.9 Å². The van der Waals surface area contributed by atoms with Gasteiger partial charge in [0.25, 0.3) is 0 Å². The summed E-state index contributed by atoms with van der Waals surface area (Å²) in [5, 5.41) is 0. The van der Waals surface area contributed by atoms with E-state index >= 15 is 0 Å². The van der Waals surface area contributed by atoms with Crippen LogP contribution in [0.1, 0.15) is 322 Å². The SMILES string of the molecule is CCCCCCCCCCOc1cccc(/C=C/c2cc(/C=C/c3cccc(OCCCCCCCCCC)c3)cc(/C=C/c3cc4c(/C=C/c5cc(/C=C/c6cccc(OCCCCCCCCCC)c6)cc(/C=C/c6cccc(OCCCCCCCCCC)c6)c5)cc3CCc3ccc(cc3)CC4)c2)c1. The Bertz CT molecular complexity index is 3570. The molecule has 108 heavy (non-hydrogen) atoms. The molecule has 8 aromatic carbocycles. The maximum Gasteiger partial charge on any atom is 0.119 e. The van der Waals surface area contributed by atoms with E-state index in [1.165, 1.54) is 213 Å². The second kappa shape index (κ2) is 50.9. The van der Waals surface area contributed by atoms with E-state index in [0.29, 0.717) is 0 Å². The van der Waals surface area contributed by atoms with E-state index in [2.05, 4.69) is 270 Å². The first-order chi connectivity index (χ1) is 53.4. The lowest BCUT2D eigenvalue weighted by molar-refractivity contribution is 0.304. The first-order valence-electron chi connectivity index (χ1n) is 42.9. The Morgan fingerprint density at radius 1 is 0.204 bits per heavy atom. The van der Waals surface area contributed by atoms with Crippen LogP contribution in [0.5, 0.6) is 23.0 Å². The van der Waals surface area contributed by atoms with Gasteiger partial charge in [-0.25, -0.2) is 0 Å². The lowest BCUT2D eigenvalue weighted by atomic mass is 9.89. The topological polar surface area (TPSA) is 36.9 Å². The third-order valence-corrected chi connectivity index (χ3v) is 21.1. The maximum absolute atomic E-state index is 6.33. The molecule has 0 amide bonds. The summed E-state index contributed by atoms with van der Waals surface area (Å²) in [5.41, 5.74) is 19.3. The van der Waals surface area contributed by atoms with Crippen molar-refractivity contribution in [3.8, 4) is 23.0 Å². The zero-order chi connectivity index (χ0) is 74.9.